The first-order valence-corrected chi connectivity index (χ1v) is 4.74. The van der Waals surface area contributed by atoms with Crippen molar-refractivity contribution in [3.05, 3.63) is 15.8 Å². The third kappa shape index (κ3) is 2.87. The summed E-state index contributed by atoms with van der Waals surface area (Å²) in [7, 11) is 0. The Morgan fingerprint density at radius 1 is 1.77 bits per heavy atom. The molecule has 0 radical (unpaired) electrons. The van der Waals surface area contributed by atoms with E-state index in [1.807, 2.05) is 0 Å². The molecule has 0 aromatic carbocycles. The van der Waals surface area contributed by atoms with Gasteiger partial charge < -0.3 is 15.5 Å². The molecule has 1 aromatic rings. The Kier molecular flexibility index (Phi) is 3.53. The van der Waals surface area contributed by atoms with E-state index in [4.69, 9.17) is 21.8 Å². The van der Waals surface area contributed by atoms with Crippen LogP contribution < -0.4 is 5.32 Å². The van der Waals surface area contributed by atoms with Crippen LogP contribution >= 0.6 is 22.9 Å². The fraction of sp³-hybridized carbons (Fsp3) is 0.286. The minimum absolute atomic E-state index is 0.0498. The smallest absolute Gasteiger partial charge is 0.334 e. The van der Waals surface area contributed by atoms with Crippen molar-refractivity contribution in [2.45, 2.75) is 6.10 Å². The molecule has 1 aromatic heterocycles. The molecule has 13 heavy (non-hydrogen) atoms. The summed E-state index contributed by atoms with van der Waals surface area (Å²) in [6, 6.07) is 1.72. The molecule has 1 heterocycles. The molecule has 1 unspecified atom stereocenters. The van der Waals surface area contributed by atoms with Crippen molar-refractivity contribution in [1.82, 2.24) is 0 Å². The van der Waals surface area contributed by atoms with Crippen molar-refractivity contribution in [3.63, 3.8) is 0 Å². The molecule has 0 bridgehead atoms. The molecular formula is C7H8ClNO3S. The molecule has 6 heteroatoms. The van der Waals surface area contributed by atoms with Gasteiger partial charge in [-0.05, 0) is 11.4 Å². The van der Waals surface area contributed by atoms with E-state index in [1.165, 1.54) is 11.3 Å². The Hall–Kier alpha value is -0.780. The standard InChI is InChI=1S/C7H8ClNO3S/c8-6-4(1-2-13-6)9-3-5(10)7(11)12/h1-2,5,9-10H,3H2,(H,11,12). The minimum atomic E-state index is -1.41. The number of halogens is 1. The summed E-state index contributed by atoms with van der Waals surface area (Å²) in [6.45, 7) is -0.0498. The number of carbonyl (C=O) groups is 1. The number of aliphatic hydroxyl groups is 1. The summed E-state index contributed by atoms with van der Waals surface area (Å²) in [5.74, 6) is -1.25. The molecule has 72 valence electrons. The van der Waals surface area contributed by atoms with Gasteiger partial charge in [-0.1, -0.05) is 11.6 Å². The number of anilines is 1. The maximum absolute atomic E-state index is 10.2. The van der Waals surface area contributed by atoms with Crippen LogP contribution in [-0.2, 0) is 4.79 Å². The third-order valence-electron chi connectivity index (χ3n) is 1.39. The van der Waals surface area contributed by atoms with Gasteiger partial charge in [0.15, 0.2) is 6.10 Å². The lowest BCUT2D eigenvalue weighted by molar-refractivity contribution is -0.145. The molecule has 4 nitrogen and oxygen atoms in total. The summed E-state index contributed by atoms with van der Waals surface area (Å²) in [5, 5.41) is 21.8. The highest BCUT2D eigenvalue weighted by Crippen LogP contribution is 2.27. The number of aliphatic hydroxyl groups excluding tert-OH is 1. The molecule has 0 saturated carbocycles. The molecular weight excluding hydrogens is 214 g/mol. The van der Waals surface area contributed by atoms with E-state index in [2.05, 4.69) is 5.32 Å². The maximum atomic E-state index is 10.2. The van der Waals surface area contributed by atoms with E-state index in [0.717, 1.165) is 0 Å². The van der Waals surface area contributed by atoms with Gasteiger partial charge in [0.25, 0.3) is 0 Å². The zero-order chi connectivity index (χ0) is 9.84. The van der Waals surface area contributed by atoms with E-state index in [9.17, 15) is 4.79 Å². The summed E-state index contributed by atoms with van der Waals surface area (Å²) in [5.41, 5.74) is 0.645. The van der Waals surface area contributed by atoms with Gasteiger partial charge >= 0.3 is 5.97 Å². The minimum Gasteiger partial charge on any atom is -0.479 e. The number of carboxylic acid groups (broad SMARTS) is 1. The van der Waals surface area contributed by atoms with Gasteiger partial charge in [-0.2, -0.15) is 0 Å². The van der Waals surface area contributed by atoms with Crippen LogP contribution in [0, 0.1) is 0 Å². The van der Waals surface area contributed by atoms with E-state index < -0.39 is 12.1 Å². The van der Waals surface area contributed by atoms with Crippen molar-refractivity contribution in [2.75, 3.05) is 11.9 Å². The second-order valence-electron chi connectivity index (χ2n) is 2.34. The first-order chi connectivity index (χ1) is 6.11. The molecule has 0 aliphatic rings. The quantitative estimate of drug-likeness (QED) is 0.716. The lowest BCUT2D eigenvalue weighted by atomic mass is 10.3. The molecule has 0 saturated heterocycles. The van der Waals surface area contributed by atoms with E-state index in [-0.39, 0.29) is 6.54 Å². The summed E-state index contributed by atoms with van der Waals surface area (Å²) < 4.78 is 0.553. The molecule has 3 N–H and O–H groups in total. The number of aliphatic carboxylic acids is 1. The lowest BCUT2D eigenvalue weighted by Crippen LogP contribution is -2.28. The van der Waals surface area contributed by atoms with Crippen LogP contribution in [0.15, 0.2) is 11.4 Å². The highest BCUT2D eigenvalue weighted by Gasteiger charge is 2.12. The second-order valence-corrected chi connectivity index (χ2v) is 3.86. The largest absolute Gasteiger partial charge is 0.479 e. The van der Waals surface area contributed by atoms with Crippen LogP contribution in [0.1, 0.15) is 0 Å². The van der Waals surface area contributed by atoms with Gasteiger partial charge in [0.1, 0.15) is 4.34 Å². The number of hydrogen-bond donors (Lipinski definition) is 3. The first-order valence-electron chi connectivity index (χ1n) is 3.49. The van der Waals surface area contributed by atoms with Gasteiger partial charge in [-0.3, -0.25) is 0 Å². The molecule has 1 rings (SSSR count). The molecule has 1 atom stereocenters. The van der Waals surface area contributed by atoms with Crippen molar-refractivity contribution < 1.29 is 15.0 Å². The first kappa shape index (κ1) is 10.3. The highest BCUT2D eigenvalue weighted by molar-refractivity contribution is 7.15. The van der Waals surface area contributed by atoms with Gasteiger partial charge in [0, 0.05) is 0 Å². The van der Waals surface area contributed by atoms with E-state index >= 15 is 0 Å². The van der Waals surface area contributed by atoms with Crippen LogP contribution in [0.25, 0.3) is 0 Å². The molecule has 0 aliphatic heterocycles. The van der Waals surface area contributed by atoms with Gasteiger partial charge in [0.2, 0.25) is 0 Å². The maximum Gasteiger partial charge on any atom is 0.334 e. The number of rotatable bonds is 4. The summed E-state index contributed by atoms with van der Waals surface area (Å²) in [4.78, 5) is 10.2. The normalized spacial score (nSPS) is 12.5. The number of hydrogen-bond acceptors (Lipinski definition) is 4. The SMILES string of the molecule is O=C(O)C(O)CNc1ccsc1Cl. The van der Waals surface area contributed by atoms with Crippen molar-refractivity contribution in [3.8, 4) is 0 Å². The Bertz CT molecular complexity index is 302. The van der Waals surface area contributed by atoms with Gasteiger partial charge in [-0.15, -0.1) is 11.3 Å². The third-order valence-corrected chi connectivity index (χ3v) is 2.56. The predicted octanol–water partition coefficient (Wildman–Crippen LogP) is 1.26. The van der Waals surface area contributed by atoms with Gasteiger partial charge in [-0.25, -0.2) is 4.79 Å². The van der Waals surface area contributed by atoms with Crippen molar-refractivity contribution in [2.24, 2.45) is 0 Å². The van der Waals surface area contributed by atoms with Crippen LogP contribution in [-0.4, -0.2) is 28.8 Å². The highest BCUT2D eigenvalue weighted by atomic mass is 35.5. The van der Waals surface area contributed by atoms with Gasteiger partial charge in [0.05, 0.1) is 12.2 Å². The second kappa shape index (κ2) is 4.45. The van der Waals surface area contributed by atoms with E-state index in [0.29, 0.717) is 10.0 Å². The Labute approximate surface area is 83.8 Å². The fourth-order valence-electron chi connectivity index (χ4n) is 0.713. The van der Waals surface area contributed by atoms with E-state index in [1.54, 1.807) is 11.4 Å². The Balaban J connectivity index is 2.44. The fourth-order valence-corrected chi connectivity index (χ4v) is 1.59. The number of carboxylic acids is 1. The Morgan fingerprint density at radius 2 is 2.46 bits per heavy atom. The lowest BCUT2D eigenvalue weighted by Gasteiger charge is -2.07. The summed E-state index contributed by atoms with van der Waals surface area (Å²) >= 11 is 7.07. The van der Waals surface area contributed by atoms with Crippen LogP contribution in [0.5, 0.6) is 0 Å². The zero-order valence-corrected chi connectivity index (χ0v) is 8.10. The molecule has 0 fully saturated rings. The van der Waals surface area contributed by atoms with Crippen molar-refractivity contribution in [1.29, 1.82) is 0 Å². The average Bonchev–Trinajstić information content (AvgIpc) is 2.47. The van der Waals surface area contributed by atoms with Crippen LogP contribution in [0.2, 0.25) is 4.34 Å². The number of nitrogens with one attached hydrogen (secondary N) is 1. The summed E-state index contributed by atoms with van der Waals surface area (Å²) in [6.07, 6.45) is -1.41. The predicted molar refractivity (Wildman–Crippen MR) is 51.5 cm³/mol. The molecule has 0 amide bonds. The average molecular weight is 222 g/mol. The molecule has 0 aliphatic carbocycles. The van der Waals surface area contributed by atoms with Crippen molar-refractivity contribution >= 4 is 34.6 Å². The monoisotopic (exact) mass is 221 g/mol. The Morgan fingerprint density at radius 3 is 2.92 bits per heavy atom. The van der Waals surface area contributed by atoms with Crippen LogP contribution in [0.3, 0.4) is 0 Å². The molecule has 0 spiro atoms. The number of thiophene rings is 1. The van der Waals surface area contributed by atoms with Crippen LogP contribution in [0.4, 0.5) is 5.69 Å². The zero-order valence-electron chi connectivity index (χ0n) is 6.53. The topological polar surface area (TPSA) is 69.6 Å².